The molecule has 0 bridgehead atoms. The van der Waals surface area contributed by atoms with Crippen molar-refractivity contribution in [2.45, 2.75) is 0 Å². The van der Waals surface area contributed by atoms with Crippen LogP contribution in [0.3, 0.4) is 0 Å². The maximum Gasteiger partial charge on any atom is 0.205 e. The molecule has 3 N–H and O–H groups in total. The molecule has 7 rings (SSSR count). The minimum absolute atomic E-state index is 0.00536. The monoisotopic (exact) mass is 677 g/mol. The molecule has 0 aliphatic carbocycles. The lowest BCUT2D eigenvalue weighted by atomic mass is 10.1. The first-order valence-corrected chi connectivity index (χ1v) is 15.2. The van der Waals surface area contributed by atoms with Gasteiger partial charge in [-0.1, -0.05) is 36.4 Å². The average molecular weight is 678 g/mol. The Labute approximate surface area is 283 Å². The van der Waals surface area contributed by atoms with Gasteiger partial charge in [0.15, 0.2) is 33.5 Å². The van der Waals surface area contributed by atoms with Crippen LogP contribution in [0.2, 0.25) is 0 Å². The molecule has 3 heterocycles. The number of aromatic nitrogens is 1. The number of aromatic hydroxyl groups is 3. The maximum absolute atomic E-state index is 12.5. The molecule has 4 aromatic carbocycles. The number of rotatable bonds is 8. The molecule has 254 valence electrons. The molecule has 0 amide bonds. The Morgan fingerprint density at radius 3 is 1.94 bits per heavy atom. The highest BCUT2D eigenvalue weighted by Crippen LogP contribution is 2.42. The van der Waals surface area contributed by atoms with E-state index >= 15 is 0 Å². The zero-order valence-electron chi connectivity index (χ0n) is 27.1. The molecule has 0 unspecified atom stereocenters. The van der Waals surface area contributed by atoms with E-state index in [4.69, 9.17) is 27.8 Å². The highest BCUT2D eigenvalue weighted by molar-refractivity contribution is 5.93. The summed E-state index contributed by atoms with van der Waals surface area (Å²) in [5.41, 5.74) is 1.58. The van der Waals surface area contributed by atoms with E-state index in [1.807, 2.05) is 54.6 Å². The highest BCUT2D eigenvalue weighted by Gasteiger charge is 2.21. The van der Waals surface area contributed by atoms with Crippen LogP contribution in [0.5, 0.6) is 34.5 Å². The molecule has 0 saturated carbocycles. The van der Waals surface area contributed by atoms with E-state index in [-0.39, 0.29) is 68.5 Å². The van der Waals surface area contributed by atoms with Crippen LogP contribution in [0.1, 0.15) is 0 Å². The summed E-state index contributed by atoms with van der Waals surface area (Å²) in [4.78, 5) is 29.2. The third-order valence-corrected chi connectivity index (χ3v) is 7.72. The number of benzene rings is 4. The van der Waals surface area contributed by atoms with Gasteiger partial charge in [-0.15, -0.1) is 0 Å². The fourth-order valence-corrected chi connectivity index (χ4v) is 5.40. The van der Waals surface area contributed by atoms with Crippen molar-refractivity contribution < 1.29 is 43.1 Å². The lowest BCUT2D eigenvalue weighted by Gasteiger charge is -2.14. The molecule has 3 aromatic heterocycles. The summed E-state index contributed by atoms with van der Waals surface area (Å²) in [7, 11) is 4.35. The minimum Gasteiger partial charge on any atom is -0.507 e. The highest BCUT2D eigenvalue weighted by atomic mass is 16.5. The number of phenols is 3. The Morgan fingerprint density at radius 1 is 0.640 bits per heavy atom. The first-order chi connectivity index (χ1) is 24.2. The van der Waals surface area contributed by atoms with E-state index in [0.717, 1.165) is 22.5 Å². The molecule has 7 aromatic rings. The standard InChI is InChI=1S/C19H13NO5.C19H18O6/c1-24-18-15(23)8-13(21)17-14(22)9-16(25-19(17)18)11-4-5-12-10(7-11)3-2-6-20-12;1-22-8-9-24-16-11-14(21)17-13(20)10-15(12-6-4-3-5-7-12)25-19(17)18(16)23-2/h2-9,21,23H,1H3;3-7,10-11,21H,8-9H2,1-2H3. The third-order valence-electron chi connectivity index (χ3n) is 7.72. The number of methoxy groups -OCH3 is 3. The van der Waals surface area contributed by atoms with E-state index in [0.29, 0.717) is 23.7 Å². The quantitative estimate of drug-likeness (QED) is 0.147. The molecule has 0 saturated heterocycles. The summed E-state index contributed by atoms with van der Waals surface area (Å²) < 4.78 is 32.7. The largest absolute Gasteiger partial charge is 0.507 e. The lowest BCUT2D eigenvalue weighted by Crippen LogP contribution is -2.07. The van der Waals surface area contributed by atoms with Gasteiger partial charge in [0.2, 0.25) is 11.5 Å². The number of pyridine rings is 1. The Hall–Kier alpha value is -6.53. The zero-order chi connectivity index (χ0) is 35.4. The molecule has 0 aliphatic heterocycles. The van der Waals surface area contributed by atoms with Crippen molar-refractivity contribution in [3.8, 4) is 57.1 Å². The van der Waals surface area contributed by atoms with Crippen molar-refractivity contribution in [3.05, 3.63) is 112 Å². The molecule has 0 radical (unpaired) electrons. The van der Waals surface area contributed by atoms with E-state index < -0.39 is 5.43 Å². The number of phenolic OH excluding ortho intramolecular Hbond substituents is 3. The number of fused-ring (bicyclic) bond motifs is 3. The second-order valence-electron chi connectivity index (χ2n) is 10.9. The van der Waals surface area contributed by atoms with Gasteiger partial charge in [-0.3, -0.25) is 14.6 Å². The topological polar surface area (TPSA) is 171 Å². The molecule has 50 heavy (non-hydrogen) atoms. The van der Waals surface area contributed by atoms with Crippen LogP contribution >= 0.6 is 0 Å². The van der Waals surface area contributed by atoms with Crippen LogP contribution < -0.4 is 25.1 Å². The molecule has 12 nitrogen and oxygen atoms in total. The van der Waals surface area contributed by atoms with Crippen LogP contribution in [-0.4, -0.2) is 54.8 Å². The number of ether oxygens (including phenoxy) is 4. The molecular weight excluding hydrogens is 646 g/mol. The van der Waals surface area contributed by atoms with Crippen molar-refractivity contribution >= 4 is 32.8 Å². The summed E-state index contributed by atoms with van der Waals surface area (Å²) in [6.45, 7) is 0.635. The van der Waals surface area contributed by atoms with E-state index in [1.165, 1.54) is 32.4 Å². The SMILES string of the molecule is COCCOc1cc(O)c2c(=O)cc(-c3ccccc3)oc2c1OC.COc1c(O)cc(O)c2c(=O)cc(-c3ccc4ncccc4c3)oc12. The summed E-state index contributed by atoms with van der Waals surface area (Å²) in [6.07, 6.45) is 1.70. The van der Waals surface area contributed by atoms with Crippen molar-refractivity contribution in [1.82, 2.24) is 4.98 Å². The van der Waals surface area contributed by atoms with E-state index in [9.17, 15) is 24.9 Å². The van der Waals surface area contributed by atoms with Gasteiger partial charge in [0.1, 0.15) is 40.4 Å². The molecule has 0 aliphatic rings. The second kappa shape index (κ2) is 14.3. The van der Waals surface area contributed by atoms with Crippen molar-refractivity contribution in [3.63, 3.8) is 0 Å². The van der Waals surface area contributed by atoms with Gasteiger partial charge >= 0.3 is 0 Å². The van der Waals surface area contributed by atoms with E-state index in [1.54, 1.807) is 19.4 Å². The molecule has 0 spiro atoms. The Balaban J connectivity index is 0.000000173. The molecule has 12 heteroatoms. The van der Waals surface area contributed by atoms with Crippen molar-refractivity contribution in [2.24, 2.45) is 0 Å². The molecule has 0 atom stereocenters. The third kappa shape index (κ3) is 6.47. The lowest BCUT2D eigenvalue weighted by molar-refractivity contribution is 0.144. The first kappa shape index (κ1) is 33.4. The fraction of sp³-hybridized carbons (Fsp3) is 0.132. The predicted octanol–water partition coefficient (Wildman–Crippen LogP) is 6.63. The normalized spacial score (nSPS) is 10.9. The van der Waals surface area contributed by atoms with Crippen molar-refractivity contribution in [1.29, 1.82) is 0 Å². The second-order valence-corrected chi connectivity index (χ2v) is 10.9. The first-order valence-electron chi connectivity index (χ1n) is 15.2. The van der Waals surface area contributed by atoms with Gasteiger partial charge in [0.25, 0.3) is 0 Å². The Kier molecular flexibility index (Phi) is 9.54. The number of hydrogen-bond donors (Lipinski definition) is 3. The van der Waals surface area contributed by atoms with E-state index in [2.05, 4.69) is 4.98 Å². The summed E-state index contributed by atoms with van der Waals surface area (Å²) in [6, 6.07) is 23.5. The van der Waals surface area contributed by atoms with Gasteiger partial charge < -0.3 is 43.1 Å². The summed E-state index contributed by atoms with van der Waals surface area (Å²) in [5, 5.41) is 31.1. The molecular formula is C38H31NO11. The Morgan fingerprint density at radius 2 is 1.28 bits per heavy atom. The van der Waals surface area contributed by atoms with Crippen LogP contribution in [0.25, 0.3) is 55.5 Å². The van der Waals surface area contributed by atoms with Gasteiger partial charge in [0.05, 0.1) is 26.3 Å². The maximum atomic E-state index is 12.5. The Bertz CT molecular complexity index is 2450. The van der Waals surface area contributed by atoms with Crippen LogP contribution in [0.4, 0.5) is 0 Å². The van der Waals surface area contributed by atoms with Gasteiger partial charge in [-0.05, 0) is 24.3 Å². The average Bonchev–Trinajstić information content (AvgIpc) is 3.12. The fourth-order valence-electron chi connectivity index (χ4n) is 5.40. The number of hydrogen-bond acceptors (Lipinski definition) is 12. The zero-order valence-corrected chi connectivity index (χ0v) is 27.1. The summed E-state index contributed by atoms with van der Waals surface area (Å²) >= 11 is 0. The molecule has 0 fully saturated rings. The van der Waals surface area contributed by atoms with Gasteiger partial charge in [-0.25, -0.2) is 0 Å². The van der Waals surface area contributed by atoms with Crippen LogP contribution in [0.15, 0.2) is 110 Å². The van der Waals surface area contributed by atoms with Gasteiger partial charge in [-0.2, -0.15) is 0 Å². The van der Waals surface area contributed by atoms with Crippen molar-refractivity contribution in [2.75, 3.05) is 34.5 Å². The smallest absolute Gasteiger partial charge is 0.205 e. The summed E-state index contributed by atoms with van der Waals surface area (Å²) in [5.74, 6) is 0.297. The number of nitrogens with zero attached hydrogens (tertiary/aromatic N) is 1. The van der Waals surface area contributed by atoms with Crippen LogP contribution in [-0.2, 0) is 4.74 Å². The van der Waals surface area contributed by atoms with Gasteiger partial charge in [0, 0.05) is 54.1 Å². The van der Waals surface area contributed by atoms with Crippen LogP contribution in [0, 0.1) is 0 Å². The minimum atomic E-state index is -0.432. The predicted molar refractivity (Wildman–Crippen MR) is 187 cm³/mol.